The molecule has 1 unspecified atom stereocenters. The molecule has 0 aliphatic rings. The van der Waals surface area contributed by atoms with Crippen molar-refractivity contribution in [3.63, 3.8) is 0 Å². The van der Waals surface area contributed by atoms with E-state index in [0.29, 0.717) is 0 Å². The Bertz CT molecular complexity index is 481. The number of aryl methyl sites for hydroxylation is 1. The van der Waals surface area contributed by atoms with Gasteiger partial charge in [-0.3, -0.25) is 4.98 Å². The summed E-state index contributed by atoms with van der Waals surface area (Å²) < 4.78 is 1.15. The summed E-state index contributed by atoms with van der Waals surface area (Å²) in [6.45, 7) is 2.03. The van der Waals surface area contributed by atoms with Crippen LogP contribution < -0.4 is 5.73 Å². The van der Waals surface area contributed by atoms with Crippen molar-refractivity contribution in [2.24, 2.45) is 5.73 Å². The molecule has 2 rings (SSSR count). The van der Waals surface area contributed by atoms with Gasteiger partial charge in [0.25, 0.3) is 0 Å². The smallest absolute Gasteiger partial charge is 0.0701 e. The van der Waals surface area contributed by atoms with Crippen LogP contribution in [-0.4, -0.2) is 4.98 Å². The van der Waals surface area contributed by atoms with Gasteiger partial charge in [-0.05, 0) is 46.1 Å². The summed E-state index contributed by atoms with van der Waals surface area (Å²) in [6, 6.07) is 6.29. The predicted octanol–water partition coefficient (Wildman–Crippen LogP) is 3.46. The third-order valence-electron chi connectivity index (χ3n) is 2.37. The van der Waals surface area contributed by atoms with Gasteiger partial charge in [0.15, 0.2) is 0 Å². The highest BCUT2D eigenvalue weighted by atomic mass is 79.9. The Morgan fingerprint density at radius 2 is 2.25 bits per heavy atom. The first-order valence-electron chi connectivity index (χ1n) is 5.06. The molecule has 4 heteroatoms. The standard InChI is InChI=1S/C12H13BrN2S/c1-8-4-9(7-15-6-8)11(14)5-10-2-3-12(13)16-10/h2-4,6-7,11H,5,14H2,1H3. The molecule has 0 fully saturated rings. The number of nitrogens with zero attached hydrogens (tertiary/aromatic N) is 1. The maximum atomic E-state index is 6.16. The zero-order valence-electron chi connectivity index (χ0n) is 8.98. The fourth-order valence-electron chi connectivity index (χ4n) is 1.58. The van der Waals surface area contributed by atoms with Crippen LogP contribution in [0, 0.1) is 6.92 Å². The third-order valence-corrected chi connectivity index (χ3v) is 4.02. The highest BCUT2D eigenvalue weighted by Crippen LogP contribution is 2.25. The summed E-state index contributed by atoms with van der Waals surface area (Å²) in [5, 5.41) is 0. The number of pyridine rings is 1. The molecule has 0 bridgehead atoms. The second kappa shape index (κ2) is 5.08. The van der Waals surface area contributed by atoms with E-state index in [0.717, 1.165) is 21.3 Å². The van der Waals surface area contributed by atoms with E-state index in [1.165, 1.54) is 4.88 Å². The van der Waals surface area contributed by atoms with Crippen molar-refractivity contribution in [3.8, 4) is 0 Å². The lowest BCUT2D eigenvalue weighted by Crippen LogP contribution is -2.13. The van der Waals surface area contributed by atoms with E-state index < -0.39 is 0 Å². The molecular weight excluding hydrogens is 284 g/mol. The van der Waals surface area contributed by atoms with Gasteiger partial charge in [0.1, 0.15) is 0 Å². The maximum absolute atomic E-state index is 6.16. The lowest BCUT2D eigenvalue weighted by atomic mass is 10.0. The number of halogens is 1. The maximum Gasteiger partial charge on any atom is 0.0701 e. The molecule has 0 aromatic carbocycles. The number of nitrogens with two attached hydrogens (primary N) is 1. The fraction of sp³-hybridized carbons (Fsp3) is 0.250. The van der Waals surface area contributed by atoms with Crippen LogP contribution in [0.4, 0.5) is 0 Å². The first-order chi connectivity index (χ1) is 7.65. The lowest BCUT2D eigenvalue weighted by Gasteiger charge is -2.10. The van der Waals surface area contributed by atoms with Crippen LogP contribution in [-0.2, 0) is 6.42 Å². The van der Waals surface area contributed by atoms with E-state index >= 15 is 0 Å². The van der Waals surface area contributed by atoms with Crippen molar-refractivity contribution >= 4 is 27.3 Å². The van der Waals surface area contributed by atoms with Gasteiger partial charge in [0.05, 0.1) is 3.79 Å². The van der Waals surface area contributed by atoms with Crippen molar-refractivity contribution < 1.29 is 0 Å². The van der Waals surface area contributed by atoms with Gasteiger partial charge < -0.3 is 5.73 Å². The van der Waals surface area contributed by atoms with Gasteiger partial charge in [0.2, 0.25) is 0 Å². The number of hydrogen-bond acceptors (Lipinski definition) is 3. The normalized spacial score (nSPS) is 12.7. The Labute approximate surface area is 108 Å². The second-order valence-corrected chi connectivity index (χ2v) is 6.36. The molecule has 2 nitrogen and oxygen atoms in total. The topological polar surface area (TPSA) is 38.9 Å². The molecule has 0 saturated carbocycles. The first kappa shape index (κ1) is 11.8. The molecule has 2 aromatic rings. The molecule has 16 heavy (non-hydrogen) atoms. The zero-order valence-corrected chi connectivity index (χ0v) is 11.4. The molecular formula is C12H13BrN2S. The molecule has 0 spiro atoms. The van der Waals surface area contributed by atoms with E-state index in [1.54, 1.807) is 11.3 Å². The van der Waals surface area contributed by atoms with Crippen LogP contribution in [0.2, 0.25) is 0 Å². The first-order valence-corrected chi connectivity index (χ1v) is 6.67. The fourth-order valence-corrected chi connectivity index (χ4v) is 3.12. The average molecular weight is 297 g/mol. The van der Waals surface area contributed by atoms with E-state index in [1.807, 2.05) is 19.3 Å². The zero-order chi connectivity index (χ0) is 11.5. The largest absolute Gasteiger partial charge is 0.324 e. The summed E-state index contributed by atoms with van der Waals surface area (Å²) >= 11 is 5.19. The lowest BCUT2D eigenvalue weighted by molar-refractivity contribution is 0.725. The van der Waals surface area contributed by atoms with E-state index in [2.05, 4.69) is 39.1 Å². The molecule has 84 valence electrons. The van der Waals surface area contributed by atoms with Crippen LogP contribution in [0.1, 0.15) is 22.0 Å². The Kier molecular flexibility index (Phi) is 3.74. The van der Waals surface area contributed by atoms with Crippen LogP contribution in [0.5, 0.6) is 0 Å². The molecule has 2 aromatic heterocycles. The van der Waals surface area contributed by atoms with E-state index in [-0.39, 0.29) is 6.04 Å². The number of thiophene rings is 1. The van der Waals surface area contributed by atoms with Crippen LogP contribution in [0.15, 0.2) is 34.4 Å². The Morgan fingerprint density at radius 1 is 1.44 bits per heavy atom. The van der Waals surface area contributed by atoms with Gasteiger partial charge in [0, 0.05) is 29.7 Å². The minimum absolute atomic E-state index is 0.0259. The van der Waals surface area contributed by atoms with Crippen LogP contribution in [0.25, 0.3) is 0 Å². The molecule has 0 aliphatic carbocycles. The number of rotatable bonds is 3. The molecule has 0 radical (unpaired) electrons. The van der Waals surface area contributed by atoms with Crippen LogP contribution >= 0.6 is 27.3 Å². The quantitative estimate of drug-likeness (QED) is 0.942. The average Bonchev–Trinajstić information content (AvgIpc) is 2.64. The Balaban J connectivity index is 2.11. The van der Waals surface area contributed by atoms with Crippen molar-refractivity contribution in [1.29, 1.82) is 0 Å². The summed E-state index contributed by atoms with van der Waals surface area (Å²) in [5.41, 5.74) is 8.41. The minimum Gasteiger partial charge on any atom is -0.324 e. The van der Waals surface area contributed by atoms with Crippen molar-refractivity contribution in [3.05, 3.63) is 50.4 Å². The van der Waals surface area contributed by atoms with Crippen molar-refractivity contribution in [2.75, 3.05) is 0 Å². The highest BCUT2D eigenvalue weighted by molar-refractivity contribution is 9.11. The summed E-state index contributed by atoms with van der Waals surface area (Å²) in [5.74, 6) is 0. The third kappa shape index (κ3) is 2.90. The monoisotopic (exact) mass is 296 g/mol. The van der Waals surface area contributed by atoms with Gasteiger partial charge >= 0.3 is 0 Å². The molecule has 2 heterocycles. The minimum atomic E-state index is 0.0259. The van der Waals surface area contributed by atoms with Crippen molar-refractivity contribution in [1.82, 2.24) is 4.98 Å². The molecule has 0 amide bonds. The summed E-state index contributed by atoms with van der Waals surface area (Å²) in [4.78, 5) is 5.46. The van der Waals surface area contributed by atoms with Gasteiger partial charge in [-0.2, -0.15) is 0 Å². The van der Waals surface area contributed by atoms with Gasteiger partial charge in [-0.1, -0.05) is 6.07 Å². The van der Waals surface area contributed by atoms with Gasteiger partial charge in [-0.15, -0.1) is 11.3 Å². The van der Waals surface area contributed by atoms with Crippen molar-refractivity contribution in [2.45, 2.75) is 19.4 Å². The summed E-state index contributed by atoms with van der Waals surface area (Å²) in [7, 11) is 0. The van der Waals surface area contributed by atoms with Crippen LogP contribution in [0.3, 0.4) is 0 Å². The highest BCUT2D eigenvalue weighted by Gasteiger charge is 2.09. The number of hydrogen-bond donors (Lipinski definition) is 1. The predicted molar refractivity (Wildman–Crippen MR) is 71.6 cm³/mol. The Morgan fingerprint density at radius 3 is 2.88 bits per heavy atom. The second-order valence-electron chi connectivity index (χ2n) is 3.81. The molecule has 0 aliphatic heterocycles. The van der Waals surface area contributed by atoms with E-state index in [9.17, 15) is 0 Å². The summed E-state index contributed by atoms with van der Waals surface area (Å²) in [6.07, 6.45) is 4.56. The van der Waals surface area contributed by atoms with E-state index in [4.69, 9.17) is 5.73 Å². The molecule has 0 saturated heterocycles. The number of aromatic nitrogens is 1. The SMILES string of the molecule is Cc1cncc(C(N)Cc2ccc(Br)s2)c1. The molecule has 2 N–H and O–H groups in total. The molecule has 1 atom stereocenters. The van der Waals surface area contributed by atoms with Gasteiger partial charge in [-0.25, -0.2) is 0 Å². The Hall–Kier alpha value is -0.710.